The molecule has 5 nitrogen and oxygen atoms in total. The minimum absolute atomic E-state index is 0.0883. The van der Waals surface area contributed by atoms with Gasteiger partial charge in [0.15, 0.2) is 0 Å². The van der Waals surface area contributed by atoms with Crippen molar-refractivity contribution in [1.29, 1.82) is 0 Å². The van der Waals surface area contributed by atoms with Gasteiger partial charge in [0.1, 0.15) is 17.5 Å². The zero-order valence-electron chi connectivity index (χ0n) is 12.7. The first-order chi connectivity index (χ1) is 9.63. The minimum atomic E-state index is -0.0883. The minimum Gasteiger partial charge on any atom is -0.393 e. The zero-order valence-corrected chi connectivity index (χ0v) is 12.7. The normalized spacial score (nSPS) is 22.6. The number of anilines is 2. The molecule has 0 radical (unpaired) electrons. The summed E-state index contributed by atoms with van der Waals surface area (Å²) >= 11 is 0. The van der Waals surface area contributed by atoms with E-state index < -0.39 is 0 Å². The third-order valence-corrected chi connectivity index (χ3v) is 4.12. The number of hydrogen-bond acceptors (Lipinski definition) is 5. The largest absolute Gasteiger partial charge is 0.393 e. The molecule has 2 rings (SSSR count). The summed E-state index contributed by atoms with van der Waals surface area (Å²) in [5, 5.41) is 16.1. The average Bonchev–Trinajstić information content (AvgIpc) is 2.48. The van der Waals surface area contributed by atoms with Crippen molar-refractivity contribution < 1.29 is 5.11 Å². The molecule has 0 aromatic carbocycles. The van der Waals surface area contributed by atoms with Gasteiger partial charge in [0, 0.05) is 25.6 Å². The maximum Gasteiger partial charge on any atom is 0.134 e. The molecule has 0 aliphatic heterocycles. The Kier molecular flexibility index (Phi) is 5.17. The number of nitrogens with zero attached hydrogens (tertiary/aromatic N) is 2. The van der Waals surface area contributed by atoms with Gasteiger partial charge >= 0.3 is 0 Å². The van der Waals surface area contributed by atoms with Crippen LogP contribution in [0.2, 0.25) is 0 Å². The lowest BCUT2D eigenvalue weighted by molar-refractivity contribution is 0.111. The SMILES string of the molecule is CCc1nc(NC)c(C)c(NCC2CCC(O)CC2)n1. The van der Waals surface area contributed by atoms with Gasteiger partial charge in [-0.25, -0.2) is 9.97 Å². The summed E-state index contributed by atoms with van der Waals surface area (Å²) in [7, 11) is 1.89. The Morgan fingerprint density at radius 2 is 1.80 bits per heavy atom. The summed E-state index contributed by atoms with van der Waals surface area (Å²) in [5.41, 5.74) is 1.07. The maximum atomic E-state index is 9.54. The molecule has 1 fully saturated rings. The fourth-order valence-electron chi connectivity index (χ4n) is 2.73. The van der Waals surface area contributed by atoms with Crippen LogP contribution in [0.15, 0.2) is 0 Å². The third-order valence-electron chi connectivity index (χ3n) is 4.12. The van der Waals surface area contributed by atoms with Crippen LogP contribution in [-0.4, -0.2) is 34.8 Å². The predicted molar refractivity (Wildman–Crippen MR) is 82.1 cm³/mol. The first-order valence-electron chi connectivity index (χ1n) is 7.61. The average molecular weight is 278 g/mol. The first kappa shape index (κ1) is 15.0. The highest BCUT2D eigenvalue weighted by atomic mass is 16.3. The van der Waals surface area contributed by atoms with E-state index in [1.807, 2.05) is 14.0 Å². The van der Waals surface area contributed by atoms with E-state index in [4.69, 9.17) is 0 Å². The Hall–Kier alpha value is -1.36. The van der Waals surface area contributed by atoms with Gasteiger partial charge in [-0.3, -0.25) is 0 Å². The van der Waals surface area contributed by atoms with Crippen molar-refractivity contribution in [2.45, 2.75) is 52.1 Å². The van der Waals surface area contributed by atoms with E-state index in [2.05, 4.69) is 27.5 Å². The molecule has 0 spiro atoms. The number of aromatic nitrogens is 2. The summed E-state index contributed by atoms with van der Waals surface area (Å²) in [6.07, 6.45) is 4.79. The molecule has 1 aromatic rings. The van der Waals surface area contributed by atoms with E-state index in [-0.39, 0.29) is 6.10 Å². The van der Waals surface area contributed by atoms with E-state index in [9.17, 15) is 5.11 Å². The fourth-order valence-corrected chi connectivity index (χ4v) is 2.73. The van der Waals surface area contributed by atoms with Crippen molar-refractivity contribution >= 4 is 11.6 Å². The van der Waals surface area contributed by atoms with Crippen LogP contribution in [-0.2, 0) is 6.42 Å². The quantitative estimate of drug-likeness (QED) is 0.771. The second kappa shape index (κ2) is 6.88. The van der Waals surface area contributed by atoms with E-state index in [1.165, 1.54) is 0 Å². The van der Waals surface area contributed by atoms with Gasteiger partial charge in [-0.2, -0.15) is 0 Å². The monoisotopic (exact) mass is 278 g/mol. The highest BCUT2D eigenvalue weighted by Crippen LogP contribution is 2.26. The van der Waals surface area contributed by atoms with Crippen molar-refractivity contribution in [1.82, 2.24) is 9.97 Å². The highest BCUT2D eigenvalue weighted by Gasteiger charge is 2.19. The van der Waals surface area contributed by atoms with Crippen LogP contribution in [0.25, 0.3) is 0 Å². The molecule has 20 heavy (non-hydrogen) atoms. The van der Waals surface area contributed by atoms with Crippen LogP contribution in [0.1, 0.15) is 44.0 Å². The van der Waals surface area contributed by atoms with Crippen molar-refractivity contribution in [3.8, 4) is 0 Å². The van der Waals surface area contributed by atoms with E-state index in [1.54, 1.807) is 0 Å². The standard InChI is InChI=1S/C15H26N4O/c1-4-13-18-14(16-3)10(2)15(19-13)17-9-11-5-7-12(20)8-6-11/h11-12,20H,4-9H2,1-3H3,(H2,16,17,18,19). The second-order valence-electron chi connectivity index (χ2n) is 5.62. The Morgan fingerprint density at radius 1 is 1.15 bits per heavy atom. The lowest BCUT2D eigenvalue weighted by atomic mass is 9.87. The summed E-state index contributed by atoms with van der Waals surface area (Å²) in [6, 6.07) is 0. The summed E-state index contributed by atoms with van der Waals surface area (Å²) in [4.78, 5) is 9.07. The first-order valence-corrected chi connectivity index (χ1v) is 7.61. The van der Waals surface area contributed by atoms with E-state index in [0.29, 0.717) is 5.92 Å². The molecule has 3 N–H and O–H groups in total. The topological polar surface area (TPSA) is 70.1 Å². The molecular weight excluding hydrogens is 252 g/mol. The lowest BCUT2D eigenvalue weighted by Gasteiger charge is -2.26. The van der Waals surface area contributed by atoms with Crippen molar-refractivity contribution in [2.24, 2.45) is 5.92 Å². The van der Waals surface area contributed by atoms with Gasteiger partial charge < -0.3 is 15.7 Å². The fraction of sp³-hybridized carbons (Fsp3) is 0.733. The Bertz CT molecular complexity index is 442. The molecule has 1 aliphatic rings. The zero-order chi connectivity index (χ0) is 14.5. The predicted octanol–water partition coefficient (Wildman–Crippen LogP) is 2.35. The molecule has 0 bridgehead atoms. The van der Waals surface area contributed by atoms with Gasteiger partial charge in [-0.1, -0.05) is 6.92 Å². The van der Waals surface area contributed by atoms with Crippen molar-refractivity contribution in [3.63, 3.8) is 0 Å². The smallest absolute Gasteiger partial charge is 0.134 e. The summed E-state index contributed by atoms with van der Waals surface area (Å²) in [5.74, 6) is 3.34. The van der Waals surface area contributed by atoms with Crippen LogP contribution in [0.3, 0.4) is 0 Å². The van der Waals surface area contributed by atoms with Crippen molar-refractivity contribution in [2.75, 3.05) is 24.2 Å². The Labute approximate surface area is 121 Å². The maximum absolute atomic E-state index is 9.54. The summed E-state index contributed by atoms with van der Waals surface area (Å²) < 4.78 is 0. The molecule has 112 valence electrons. The molecule has 0 amide bonds. The van der Waals surface area contributed by atoms with Crippen LogP contribution in [0.5, 0.6) is 0 Å². The lowest BCUT2D eigenvalue weighted by Crippen LogP contribution is -2.24. The van der Waals surface area contributed by atoms with Gasteiger partial charge in [-0.05, 0) is 38.5 Å². The molecular formula is C15H26N4O. The van der Waals surface area contributed by atoms with Crippen LogP contribution in [0.4, 0.5) is 11.6 Å². The van der Waals surface area contributed by atoms with Gasteiger partial charge in [0.25, 0.3) is 0 Å². The number of hydrogen-bond donors (Lipinski definition) is 3. The number of nitrogens with one attached hydrogen (secondary N) is 2. The Balaban J connectivity index is 2.01. The van der Waals surface area contributed by atoms with Crippen LogP contribution < -0.4 is 10.6 Å². The second-order valence-corrected chi connectivity index (χ2v) is 5.62. The van der Waals surface area contributed by atoms with Crippen LogP contribution >= 0.6 is 0 Å². The number of rotatable bonds is 5. The number of aliphatic hydroxyl groups is 1. The van der Waals surface area contributed by atoms with Crippen LogP contribution in [0, 0.1) is 12.8 Å². The third kappa shape index (κ3) is 3.60. The molecule has 1 aliphatic carbocycles. The van der Waals surface area contributed by atoms with E-state index in [0.717, 1.165) is 61.7 Å². The molecule has 1 saturated carbocycles. The molecule has 0 saturated heterocycles. The molecule has 1 aromatic heterocycles. The molecule has 1 heterocycles. The number of aliphatic hydroxyl groups excluding tert-OH is 1. The van der Waals surface area contributed by atoms with Gasteiger partial charge in [-0.15, -0.1) is 0 Å². The van der Waals surface area contributed by atoms with Crippen molar-refractivity contribution in [3.05, 3.63) is 11.4 Å². The van der Waals surface area contributed by atoms with E-state index >= 15 is 0 Å². The molecule has 5 heteroatoms. The highest BCUT2D eigenvalue weighted by molar-refractivity contribution is 5.57. The molecule has 0 unspecified atom stereocenters. The molecule has 0 atom stereocenters. The summed E-state index contributed by atoms with van der Waals surface area (Å²) in [6.45, 7) is 5.03. The van der Waals surface area contributed by atoms with Gasteiger partial charge in [0.05, 0.1) is 6.10 Å². The number of aryl methyl sites for hydroxylation is 1. The van der Waals surface area contributed by atoms with Gasteiger partial charge in [0.2, 0.25) is 0 Å². The Morgan fingerprint density at radius 3 is 2.40 bits per heavy atom.